The average molecular weight is 395 g/mol. The van der Waals surface area contributed by atoms with Gasteiger partial charge in [-0.2, -0.15) is 0 Å². The molecule has 1 fully saturated rings. The van der Waals surface area contributed by atoms with Crippen molar-refractivity contribution in [2.45, 2.75) is 9.79 Å². The summed E-state index contributed by atoms with van der Waals surface area (Å²) >= 11 is 1.57. The summed E-state index contributed by atoms with van der Waals surface area (Å²) in [6.07, 6.45) is 1.72. The molecule has 2 amide bonds. The van der Waals surface area contributed by atoms with E-state index < -0.39 is 0 Å². The molecule has 2 aromatic rings. The van der Waals surface area contributed by atoms with Crippen molar-refractivity contribution in [3.05, 3.63) is 66.2 Å². The molecule has 2 aliphatic heterocycles. The van der Waals surface area contributed by atoms with Crippen molar-refractivity contribution in [2.24, 2.45) is 0 Å². The van der Waals surface area contributed by atoms with Crippen LogP contribution in [-0.2, 0) is 0 Å². The molecule has 4 rings (SSSR count). The summed E-state index contributed by atoms with van der Waals surface area (Å²) in [4.78, 5) is 33.2. The maximum atomic E-state index is 13.2. The lowest BCUT2D eigenvalue weighted by Crippen LogP contribution is -3.12. The first-order chi connectivity index (χ1) is 13.6. The van der Waals surface area contributed by atoms with Crippen LogP contribution in [0.25, 0.3) is 0 Å². The first-order valence-electron chi connectivity index (χ1n) is 9.52. The van der Waals surface area contributed by atoms with E-state index in [0.717, 1.165) is 41.7 Å². The Morgan fingerprint density at radius 1 is 1.18 bits per heavy atom. The first-order valence-corrected chi connectivity index (χ1v) is 10.3. The quantitative estimate of drug-likeness (QED) is 0.810. The molecule has 6 heteroatoms. The number of nitrogens with one attached hydrogen (secondary N) is 1. The number of piperazine rings is 1. The van der Waals surface area contributed by atoms with Gasteiger partial charge in [0, 0.05) is 21.9 Å². The third-order valence-corrected chi connectivity index (χ3v) is 6.44. The molecule has 0 aromatic heterocycles. The summed E-state index contributed by atoms with van der Waals surface area (Å²) in [6.45, 7) is 7.65. The second-order valence-corrected chi connectivity index (χ2v) is 8.32. The van der Waals surface area contributed by atoms with Gasteiger partial charge in [-0.15, -0.1) is 6.58 Å². The molecular weight excluding hydrogens is 370 g/mol. The summed E-state index contributed by atoms with van der Waals surface area (Å²) in [5, 5.41) is 0. The summed E-state index contributed by atoms with van der Waals surface area (Å²) in [7, 11) is 2.15. The molecule has 1 saturated heterocycles. The highest BCUT2D eigenvalue weighted by atomic mass is 32.2. The molecule has 2 aliphatic rings. The SMILES string of the molecule is C=CCN1C(=O)c2ccccc2Sc2ccc(C(=O)N3CC[NH+](C)CC3)cc21. The zero-order valence-corrected chi connectivity index (χ0v) is 16.8. The topological polar surface area (TPSA) is 45.1 Å². The fourth-order valence-corrected chi connectivity index (χ4v) is 4.70. The van der Waals surface area contributed by atoms with E-state index in [1.54, 1.807) is 22.7 Å². The maximum Gasteiger partial charge on any atom is 0.259 e. The fraction of sp³-hybridized carbons (Fsp3) is 0.273. The van der Waals surface area contributed by atoms with E-state index in [4.69, 9.17) is 0 Å². The highest BCUT2D eigenvalue weighted by molar-refractivity contribution is 7.99. The zero-order chi connectivity index (χ0) is 19.7. The van der Waals surface area contributed by atoms with Crippen LogP contribution < -0.4 is 9.80 Å². The van der Waals surface area contributed by atoms with E-state index in [2.05, 4.69) is 13.6 Å². The second kappa shape index (κ2) is 7.81. The lowest BCUT2D eigenvalue weighted by molar-refractivity contribution is -0.883. The number of benzene rings is 2. The number of amides is 2. The number of hydrogen-bond acceptors (Lipinski definition) is 3. The number of rotatable bonds is 3. The van der Waals surface area contributed by atoms with Crippen molar-refractivity contribution >= 4 is 29.3 Å². The van der Waals surface area contributed by atoms with Gasteiger partial charge in [-0.1, -0.05) is 30.0 Å². The number of carbonyl (C=O) groups is 2. The molecule has 0 unspecified atom stereocenters. The Balaban J connectivity index is 1.72. The average Bonchev–Trinajstić information content (AvgIpc) is 2.83. The van der Waals surface area contributed by atoms with Crippen molar-refractivity contribution in [3.8, 4) is 0 Å². The van der Waals surface area contributed by atoms with Gasteiger partial charge in [-0.25, -0.2) is 0 Å². The molecular formula is C22H24N3O2S+. The van der Waals surface area contributed by atoms with E-state index in [1.165, 1.54) is 4.90 Å². The monoisotopic (exact) mass is 394 g/mol. The predicted molar refractivity (Wildman–Crippen MR) is 111 cm³/mol. The molecule has 0 bridgehead atoms. The zero-order valence-electron chi connectivity index (χ0n) is 16.0. The third kappa shape index (κ3) is 3.45. The van der Waals surface area contributed by atoms with Crippen LogP contribution in [0.5, 0.6) is 0 Å². The maximum absolute atomic E-state index is 13.2. The number of likely N-dealkylation sites (N-methyl/N-ethyl adjacent to an activating group) is 1. The molecule has 0 aliphatic carbocycles. The summed E-state index contributed by atoms with van der Waals surface area (Å²) in [6, 6.07) is 13.3. The molecule has 144 valence electrons. The van der Waals surface area contributed by atoms with Crippen molar-refractivity contribution in [2.75, 3.05) is 44.7 Å². The molecule has 0 saturated carbocycles. The van der Waals surface area contributed by atoms with Crippen molar-refractivity contribution < 1.29 is 14.5 Å². The highest BCUT2D eigenvalue weighted by Crippen LogP contribution is 2.41. The number of fused-ring (bicyclic) bond motifs is 2. The minimum atomic E-state index is -0.0606. The Labute approximate surface area is 169 Å². The molecule has 28 heavy (non-hydrogen) atoms. The normalized spacial score (nSPS) is 17.0. The van der Waals surface area contributed by atoms with E-state index >= 15 is 0 Å². The molecule has 5 nitrogen and oxygen atoms in total. The standard InChI is InChI=1S/C22H23N3O2S/c1-3-10-25-18-15-16(21(26)24-13-11-23(2)12-14-24)8-9-20(18)28-19-7-5-4-6-17(19)22(25)27/h3-9,15H,1,10-14H2,2H3/p+1. The van der Waals surface area contributed by atoms with Crippen molar-refractivity contribution in [1.29, 1.82) is 0 Å². The number of carbonyl (C=O) groups excluding carboxylic acids is 2. The van der Waals surface area contributed by atoms with Crippen LogP contribution in [0.15, 0.2) is 64.9 Å². The summed E-state index contributed by atoms with van der Waals surface area (Å²) in [5.74, 6) is -0.0254. The Bertz CT molecular complexity index is 935. The van der Waals surface area contributed by atoms with Gasteiger partial charge in [-0.3, -0.25) is 9.59 Å². The number of nitrogens with zero attached hydrogens (tertiary/aromatic N) is 2. The number of anilines is 1. The van der Waals surface area contributed by atoms with Gasteiger partial charge in [0.25, 0.3) is 11.8 Å². The molecule has 0 spiro atoms. The lowest BCUT2D eigenvalue weighted by Gasteiger charge is -2.30. The smallest absolute Gasteiger partial charge is 0.259 e. The Morgan fingerprint density at radius 3 is 2.68 bits per heavy atom. The van der Waals surface area contributed by atoms with Crippen LogP contribution in [0.4, 0.5) is 5.69 Å². The molecule has 1 N–H and O–H groups in total. The Kier molecular flexibility index (Phi) is 5.24. The van der Waals surface area contributed by atoms with Crippen LogP contribution >= 0.6 is 11.8 Å². The number of quaternary nitrogens is 1. The van der Waals surface area contributed by atoms with E-state index in [-0.39, 0.29) is 11.8 Å². The van der Waals surface area contributed by atoms with Crippen LogP contribution in [-0.4, -0.2) is 56.5 Å². The van der Waals surface area contributed by atoms with Gasteiger partial charge in [0.2, 0.25) is 0 Å². The summed E-state index contributed by atoms with van der Waals surface area (Å²) < 4.78 is 0. The molecule has 0 radical (unpaired) electrons. The van der Waals surface area contributed by atoms with E-state index in [9.17, 15) is 9.59 Å². The van der Waals surface area contributed by atoms with E-state index in [1.807, 2.05) is 47.4 Å². The minimum absolute atomic E-state index is 0.0352. The van der Waals surface area contributed by atoms with Gasteiger partial charge in [-0.05, 0) is 30.3 Å². The Hall–Kier alpha value is -2.57. The van der Waals surface area contributed by atoms with E-state index in [0.29, 0.717) is 17.7 Å². The van der Waals surface area contributed by atoms with Gasteiger partial charge >= 0.3 is 0 Å². The van der Waals surface area contributed by atoms with Crippen LogP contribution in [0.3, 0.4) is 0 Å². The van der Waals surface area contributed by atoms with Gasteiger partial charge in [0.1, 0.15) is 0 Å². The minimum Gasteiger partial charge on any atom is -0.334 e. The van der Waals surface area contributed by atoms with Crippen molar-refractivity contribution in [3.63, 3.8) is 0 Å². The lowest BCUT2D eigenvalue weighted by atomic mass is 10.1. The molecule has 2 heterocycles. The molecule has 2 aromatic carbocycles. The predicted octanol–water partition coefficient (Wildman–Crippen LogP) is 1.95. The van der Waals surface area contributed by atoms with Gasteiger partial charge < -0.3 is 14.7 Å². The largest absolute Gasteiger partial charge is 0.334 e. The number of hydrogen-bond donors (Lipinski definition) is 1. The summed E-state index contributed by atoms with van der Waals surface area (Å²) in [5.41, 5.74) is 2.09. The van der Waals surface area contributed by atoms with Crippen molar-refractivity contribution in [1.82, 2.24) is 4.90 Å². The van der Waals surface area contributed by atoms with Crippen LogP contribution in [0, 0.1) is 0 Å². The fourth-order valence-electron chi connectivity index (χ4n) is 3.64. The van der Waals surface area contributed by atoms with Gasteiger partial charge in [0.05, 0.1) is 44.5 Å². The first kappa shape index (κ1) is 18.8. The second-order valence-electron chi connectivity index (χ2n) is 7.23. The van der Waals surface area contributed by atoms with Gasteiger partial charge in [0.15, 0.2) is 0 Å². The molecule has 0 atom stereocenters. The Morgan fingerprint density at radius 2 is 1.93 bits per heavy atom. The highest BCUT2D eigenvalue weighted by Gasteiger charge is 2.28. The van der Waals surface area contributed by atoms with Crippen LogP contribution in [0.2, 0.25) is 0 Å². The van der Waals surface area contributed by atoms with Crippen LogP contribution in [0.1, 0.15) is 20.7 Å². The third-order valence-electron chi connectivity index (χ3n) is 5.30.